The van der Waals surface area contributed by atoms with Crippen LogP contribution in [0, 0.1) is 12.8 Å². The van der Waals surface area contributed by atoms with E-state index >= 15 is 0 Å². The van der Waals surface area contributed by atoms with Crippen molar-refractivity contribution >= 4 is 23.2 Å². The molecule has 1 N–H and O–H groups in total. The maximum absolute atomic E-state index is 13.3. The van der Waals surface area contributed by atoms with Crippen LogP contribution in [0.25, 0.3) is 11.4 Å². The molecule has 1 aliphatic rings. The first-order valence-corrected chi connectivity index (χ1v) is 12.9. The lowest BCUT2D eigenvalue weighted by atomic mass is 9.97. The predicted octanol–water partition coefficient (Wildman–Crippen LogP) is 6.35. The number of aromatic nitrogens is 2. The summed E-state index contributed by atoms with van der Waals surface area (Å²) in [4.78, 5) is 20.0. The number of aryl methyl sites for hydroxylation is 1. The van der Waals surface area contributed by atoms with Crippen molar-refractivity contribution in [2.45, 2.75) is 26.3 Å². The van der Waals surface area contributed by atoms with Gasteiger partial charge in [-0.2, -0.15) is 4.98 Å². The summed E-state index contributed by atoms with van der Waals surface area (Å²) in [5.41, 5.74) is 2.57. The number of likely N-dealkylation sites (tertiary alicyclic amines) is 1. The third-order valence-electron chi connectivity index (χ3n) is 6.45. The third kappa shape index (κ3) is 6.33. The lowest BCUT2D eigenvalue weighted by Crippen LogP contribution is -2.40. The predicted molar refractivity (Wildman–Crippen MR) is 146 cm³/mol. The van der Waals surface area contributed by atoms with Crippen LogP contribution in [0.3, 0.4) is 0 Å². The average molecular weight is 533 g/mol. The Morgan fingerprint density at radius 2 is 1.97 bits per heavy atom. The zero-order chi connectivity index (χ0) is 26.5. The maximum atomic E-state index is 13.3. The monoisotopic (exact) mass is 532 g/mol. The number of nitrogens with one attached hydrogen (secondary N) is 1. The minimum atomic E-state index is -0.202. The molecule has 4 aromatic rings. The molecule has 8 nitrogen and oxygen atoms in total. The Bertz CT molecular complexity index is 1420. The summed E-state index contributed by atoms with van der Waals surface area (Å²) in [5.74, 6) is 2.58. The quantitative estimate of drug-likeness (QED) is 0.283. The molecule has 1 aliphatic heterocycles. The first-order valence-electron chi connectivity index (χ1n) is 12.5. The number of rotatable bonds is 8. The van der Waals surface area contributed by atoms with Gasteiger partial charge >= 0.3 is 0 Å². The fourth-order valence-electron chi connectivity index (χ4n) is 4.54. The summed E-state index contributed by atoms with van der Waals surface area (Å²) in [6.07, 6.45) is 1.67. The van der Waals surface area contributed by atoms with Crippen LogP contribution in [-0.4, -0.2) is 41.1 Å². The minimum absolute atomic E-state index is 0.0848. The van der Waals surface area contributed by atoms with E-state index < -0.39 is 0 Å². The molecule has 0 spiro atoms. The second kappa shape index (κ2) is 11.7. The van der Waals surface area contributed by atoms with Crippen LogP contribution >= 0.6 is 11.6 Å². The smallest absolute Gasteiger partial charge is 0.241 e. The van der Waals surface area contributed by atoms with Gasteiger partial charge in [-0.15, -0.1) is 0 Å². The SMILES string of the molecule is COc1cccc(Oc2ccc(Cl)cc2NC(=O)C2CCCN(Cc3nc(-c4cccc(C)c4)no3)C2)c1. The highest BCUT2D eigenvalue weighted by molar-refractivity contribution is 6.31. The second-order valence-electron chi connectivity index (χ2n) is 9.37. The molecule has 1 unspecified atom stereocenters. The molecule has 3 aromatic carbocycles. The van der Waals surface area contributed by atoms with E-state index in [2.05, 4.69) is 20.4 Å². The van der Waals surface area contributed by atoms with Crippen molar-refractivity contribution < 1.29 is 18.8 Å². The van der Waals surface area contributed by atoms with Gasteiger partial charge in [0.25, 0.3) is 0 Å². The van der Waals surface area contributed by atoms with Crippen LogP contribution in [0.4, 0.5) is 5.69 Å². The van der Waals surface area contributed by atoms with E-state index in [1.807, 2.05) is 49.4 Å². The number of ether oxygens (including phenoxy) is 2. The lowest BCUT2D eigenvalue weighted by Gasteiger charge is -2.31. The topological polar surface area (TPSA) is 89.7 Å². The lowest BCUT2D eigenvalue weighted by molar-refractivity contribution is -0.121. The number of carbonyl (C=O) groups excluding carboxylic acids is 1. The standard InChI is InChI=1S/C29H29ClN4O4/c1-19-6-3-7-20(14-19)28-32-27(38-33-28)18-34-13-5-8-21(17-34)29(35)31-25-15-22(30)11-12-26(25)37-24-10-4-9-23(16-24)36-2/h3-4,6-7,9-12,14-16,21H,5,8,13,17-18H2,1-2H3,(H,31,35). The Balaban J connectivity index is 1.24. The van der Waals surface area contributed by atoms with Crippen molar-refractivity contribution in [2.75, 3.05) is 25.5 Å². The molecule has 0 bridgehead atoms. The number of amides is 1. The van der Waals surface area contributed by atoms with Gasteiger partial charge in [0.15, 0.2) is 5.75 Å². The summed E-state index contributed by atoms with van der Waals surface area (Å²) in [6.45, 7) is 3.96. The molecule has 2 heterocycles. The van der Waals surface area contributed by atoms with Crippen LogP contribution in [0.15, 0.2) is 71.3 Å². The van der Waals surface area contributed by atoms with Crippen LogP contribution in [0.1, 0.15) is 24.3 Å². The number of hydrogen-bond donors (Lipinski definition) is 1. The highest BCUT2D eigenvalue weighted by atomic mass is 35.5. The van der Waals surface area contributed by atoms with Gasteiger partial charge in [-0.05, 0) is 62.7 Å². The van der Waals surface area contributed by atoms with Crippen molar-refractivity contribution in [3.8, 4) is 28.6 Å². The summed E-state index contributed by atoms with van der Waals surface area (Å²) in [5, 5.41) is 7.67. The number of piperidine rings is 1. The summed E-state index contributed by atoms with van der Waals surface area (Å²) >= 11 is 6.25. The number of carbonyl (C=O) groups is 1. The first-order chi connectivity index (χ1) is 18.5. The molecule has 0 radical (unpaired) electrons. The Morgan fingerprint density at radius 1 is 1.13 bits per heavy atom. The normalized spacial score (nSPS) is 15.7. The van der Waals surface area contributed by atoms with E-state index in [-0.39, 0.29) is 11.8 Å². The second-order valence-corrected chi connectivity index (χ2v) is 9.80. The fourth-order valence-corrected chi connectivity index (χ4v) is 4.71. The molecule has 1 aromatic heterocycles. The number of anilines is 1. The molecule has 5 rings (SSSR count). The van der Waals surface area contributed by atoms with Crippen molar-refractivity contribution in [1.29, 1.82) is 0 Å². The van der Waals surface area contributed by atoms with E-state index in [0.717, 1.165) is 30.5 Å². The summed E-state index contributed by atoms with van der Waals surface area (Å²) in [7, 11) is 1.60. The third-order valence-corrected chi connectivity index (χ3v) is 6.68. The highest BCUT2D eigenvalue weighted by Gasteiger charge is 2.28. The number of nitrogens with zero attached hydrogens (tertiary/aromatic N) is 3. The largest absolute Gasteiger partial charge is 0.497 e. The molecule has 1 amide bonds. The van der Waals surface area contributed by atoms with E-state index in [1.165, 1.54) is 0 Å². The Morgan fingerprint density at radius 3 is 2.82 bits per heavy atom. The van der Waals surface area contributed by atoms with Crippen molar-refractivity contribution in [1.82, 2.24) is 15.0 Å². The Labute approximate surface area is 226 Å². The molecule has 1 fully saturated rings. The molecule has 196 valence electrons. The van der Waals surface area contributed by atoms with Gasteiger partial charge < -0.3 is 19.3 Å². The van der Waals surface area contributed by atoms with Crippen LogP contribution in [0.2, 0.25) is 5.02 Å². The van der Waals surface area contributed by atoms with Gasteiger partial charge in [-0.3, -0.25) is 9.69 Å². The molecule has 38 heavy (non-hydrogen) atoms. The van der Waals surface area contributed by atoms with E-state index in [9.17, 15) is 4.79 Å². The Kier molecular flexibility index (Phi) is 7.91. The van der Waals surface area contributed by atoms with Gasteiger partial charge in [0, 0.05) is 23.2 Å². The molecule has 1 saturated heterocycles. The molecule has 9 heteroatoms. The van der Waals surface area contributed by atoms with Crippen molar-refractivity contribution in [3.05, 3.63) is 83.2 Å². The molecule has 1 atom stereocenters. The van der Waals surface area contributed by atoms with Gasteiger partial charge in [-0.25, -0.2) is 0 Å². The van der Waals surface area contributed by atoms with E-state index in [4.69, 9.17) is 25.6 Å². The van der Waals surface area contributed by atoms with Gasteiger partial charge in [-0.1, -0.05) is 46.6 Å². The molecular formula is C29H29ClN4O4. The maximum Gasteiger partial charge on any atom is 0.241 e. The van der Waals surface area contributed by atoms with Crippen LogP contribution in [0.5, 0.6) is 17.2 Å². The Hall–Kier alpha value is -3.88. The van der Waals surface area contributed by atoms with Gasteiger partial charge in [0.1, 0.15) is 11.5 Å². The van der Waals surface area contributed by atoms with Gasteiger partial charge in [0.05, 0.1) is 25.3 Å². The highest BCUT2D eigenvalue weighted by Crippen LogP contribution is 2.34. The molecule has 0 aliphatic carbocycles. The van der Waals surface area contributed by atoms with Crippen LogP contribution in [-0.2, 0) is 11.3 Å². The minimum Gasteiger partial charge on any atom is -0.497 e. The van der Waals surface area contributed by atoms with E-state index in [0.29, 0.717) is 52.8 Å². The first kappa shape index (κ1) is 25.8. The van der Waals surface area contributed by atoms with Crippen LogP contribution < -0.4 is 14.8 Å². The molecular weight excluding hydrogens is 504 g/mol. The number of benzene rings is 3. The zero-order valence-corrected chi connectivity index (χ0v) is 22.1. The summed E-state index contributed by atoms with van der Waals surface area (Å²) < 4.78 is 16.8. The fraction of sp³-hybridized carbons (Fsp3) is 0.276. The van der Waals surface area contributed by atoms with Crippen molar-refractivity contribution in [3.63, 3.8) is 0 Å². The number of methoxy groups -OCH3 is 1. The molecule has 0 saturated carbocycles. The van der Waals surface area contributed by atoms with Crippen molar-refractivity contribution in [2.24, 2.45) is 5.92 Å². The number of hydrogen-bond acceptors (Lipinski definition) is 7. The van der Waals surface area contributed by atoms with E-state index in [1.54, 1.807) is 31.4 Å². The number of halogens is 1. The summed E-state index contributed by atoms with van der Waals surface area (Å²) in [6, 6.07) is 20.4. The van der Waals surface area contributed by atoms with Gasteiger partial charge in [0.2, 0.25) is 17.6 Å². The average Bonchev–Trinajstić information content (AvgIpc) is 3.39. The zero-order valence-electron chi connectivity index (χ0n) is 21.3.